The summed E-state index contributed by atoms with van der Waals surface area (Å²) in [5, 5.41) is 4.81. The lowest BCUT2D eigenvalue weighted by Gasteiger charge is -2.22. The van der Waals surface area contributed by atoms with Crippen molar-refractivity contribution in [2.75, 3.05) is 26.0 Å². The number of anilines is 1. The van der Waals surface area contributed by atoms with E-state index in [0.717, 1.165) is 5.56 Å². The van der Waals surface area contributed by atoms with Gasteiger partial charge in [-0.05, 0) is 33.0 Å². The highest BCUT2D eigenvalue weighted by Crippen LogP contribution is 2.08. The van der Waals surface area contributed by atoms with Gasteiger partial charge in [-0.15, -0.1) is 0 Å². The molecule has 2 N–H and O–H groups in total. The fourth-order valence-electron chi connectivity index (χ4n) is 1.66. The Hall–Kier alpha value is -2.41. The number of amides is 3. The second kappa shape index (κ2) is 8.14. The Morgan fingerprint density at radius 1 is 1.23 bits per heavy atom. The van der Waals surface area contributed by atoms with Gasteiger partial charge in [-0.1, -0.05) is 17.7 Å². The van der Waals surface area contributed by atoms with Crippen LogP contribution in [0.3, 0.4) is 0 Å². The maximum Gasteiger partial charge on any atom is 0.413 e. The first-order chi connectivity index (χ1) is 10.3. The molecule has 0 saturated heterocycles. The van der Waals surface area contributed by atoms with Gasteiger partial charge in [-0.2, -0.15) is 0 Å². The topological polar surface area (TPSA) is 87.7 Å². The number of aryl methyl sites for hydroxylation is 1. The van der Waals surface area contributed by atoms with Crippen molar-refractivity contribution < 1.29 is 19.1 Å². The molecule has 7 heteroatoms. The highest BCUT2D eigenvalue weighted by molar-refractivity contribution is 5.96. The average Bonchev–Trinajstić information content (AvgIpc) is 2.48. The number of hydrogen-bond donors (Lipinski definition) is 2. The fraction of sp³-hybridized carbons (Fsp3) is 0.400. The van der Waals surface area contributed by atoms with E-state index in [4.69, 9.17) is 0 Å². The predicted octanol–water partition coefficient (Wildman–Crippen LogP) is 1.14. The Labute approximate surface area is 129 Å². The normalized spacial score (nSPS) is 11.7. The van der Waals surface area contributed by atoms with Gasteiger partial charge in [-0.3, -0.25) is 19.8 Å². The lowest BCUT2D eigenvalue weighted by molar-refractivity contribution is -0.125. The minimum atomic E-state index is -0.825. The number of likely N-dealkylation sites (N-methyl/N-ethyl adjacent to an activating group) is 1. The number of alkyl carbamates (subject to hydrolysis) is 1. The molecular formula is C15H21N3O4. The van der Waals surface area contributed by atoms with Gasteiger partial charge >= 0.3 is 6.09 Å². The van der Waals surface area contributed by atoms with Crippen LogP contribution in [0.1, 0.15) is 12.5 Å². The van der Waals surface area contributed by atoms with Crippen LogP contribution in [-0.4, -0.2) is 49.6 Å². The van der Waals surface area contributed by atoms with E-state index < -0.39 is 18.0 Å². The predicted molar refractivity (Wildman–Crippen MR) is 82.4 cm³/mol. The van der Waals surface area contributed by atoms with Gasteiger partial charge in [0, 0.05) is 5.69 Å². The van der Waals surface area contributed by atoms with Gasteiger partial charge in [0.1, 0.15) is 0 Å². The van der Waals surface area contributed by atoms with E-state index in [1.165, 1.54) is 12.0 Å². The van der Waals surface area contributed by atoms with E-state index in [1.54, 1.807) is 26.1 Å². The van der Waals surface area contributed by atoms with E-state index in [2.05, 4.69) is 15.4 Å². The van der Waals surface area contributed by atoms with Gasteiger partial charge in [0.15, 0.2) is 0 Å². The van der Waals surface area contributed by atoms with Crippen LogP contribution in [0.15, 0.2) is 24.3 Å². The highest BCUT2D eigenvalue weighted by Gasteiger charge is 2.22. The first-order valence-electron chi connectivity index (χ1n) is 6.79. The number of imide groups is 1. The average molecular weight is 307 g/mol. The Kier molecular flexibility index (Phi) is 6.52. The number of methoxy groups -OCH3 is 1. The molecule has 0 heterocycles. The molecule has 1 rings (SSSR count). The number of rotatable bonds is 5. The van der Waals surface area contributed by atoms with Gasteiger partial charge in [0.25, 0.3) is 0 Å². The molecule has 7 nitrogen and oxygen atoms in total. The smallest absolute Gasteiger partial charge is 0.413 e. The van der Waals surface area contributed by atoms with Crippen molar-refractivity contribution >= 4 is 23.6 Å². The van der Waals surface area contributed by atoms with Crippen LogP contribution < -0.4 is 10.6 Å². The fourth-order valence-corrected chi connectivity index (χ4v) is 1.66. The number of hydrogen-bond acceptors (Lipinski definition) is 5. The molecule has 0 aliphatic rings. The first kappa shape index (κ1) is 17.6. The summed E-state index contributed by atoms with van der Waals surface area (Å²) in [5.41, 5.74) is 1.79. The first-order valence-corrected chi connectivity index (χ1v) is 6.79. The zero-order valence-corrected chi connectivity index (χ0v) is 13.2. The lowest BCUT2D eigenvalue weighted by Crippen LogP contribution is -2.47. The minimum Gasteiger partial charge on any atom is -0.453 e. The third-order valence-electron chi connectivity index (χ3n) is 3.18. The van der Waals surface area contributed by atoms with Crippen molar-refractivity contribution in [1.82, 2.24) is 10.2 Å². The molecule has 0 aliphatic heterocycles. The van der Waals surface area contributed by atoms with E-state index in [-0.39, 0.29) is 12.5 Å². The number of nitrogens with one attached hydrogen (secondary N) is 2. The van der Waals surface area contributed by atoms with E-state index in [1.807, 2.05) is 19.1 Å². The summed E-state index contributed by atoms with van der Waals surface area (Å²) in [6, 6.07) is 6.75. The summed E-state index contributed by atoms with van der Waals surface area (Å²) < 4.78 is 4.35. The van der Waals surface area contributed by atoms with E-state index in [9.17, 15) is 14.4 Å². The molecule has 120 valence electrons. The van der Waals surface area contributed by atoms with Crippen LogP contribution >= 0.6 is 0 Å². The SMILES string of the molecule is COC(=O)NC(=O)[C@@H](C)N(C)CC(=O)Nc1ccc(C)cc1. The number of benzene rings is 1. The second-order valence-corrected chi connectivity index (χ2v) is 4.99. The Morgan fingerprint density at radius 3 is 2.36 bits per heavy atom. The largest absolute Gasteiger partial charge is 0.453 e. The van der Waals surface area contributed by atoms with Gasteiger partial charge in [-0.25, -0.2) is 4.79 Å². The maximum atomic E-state index is 11.9. The zero-order valence-electron chi connectivity index (χ0n) is 13.2. The Balaban J connectivity index is 2.50. The van der Waals surface area contributed by atoms with E-state index in [0.29, 0.717) is 5.69 Å². The summed E-state index contributed by atoms with van der Waals surface area (Å²) in [6.07, 6.45) is -0.825. The van der Waals surface area contributed by atoms with Gasteiger partial charge < -0.3 is 10.1 Å². The molecule has 0 aliphatic carbocycles. The van der Waals surface area contributed by atoms with Crippen LogP contribution in [-0.2, 0) is 14.3 Å². The van der Waals surface area contributed by atoms with Crippen molar-refractivity contribution in [2.45, 2.75) is 19.9 Å². The molecule has 1 atom stereocenters. The van der Waals surface area contributed by atoms with Crippen molar-refractivity contribution in [3.05, 3.63) is 29.8 Å². The van der Waals surface area contributed by atoms with Crippen LogP contribution in [0.2, 0.25) is 0 Å². The second-order valence-electron chi connectivity index (χ2n) is 4.99. The van der Waals surface area contributed by atoms with E-state index >= 15 is 0 Å². The third-order valence-corrected chi connectivity index (χ3v) is 3.18. The standard InChI is InChI=1S/C15H21N3O4/c1-10-5-7-12(8-6-10)16-13(19)9-18(3)11(2)14(20)17-15(21)22-4/h5-8,11H,9H2,1-4H3,(H,16,19)(H,17,20,21)/t11-/m1/s1. The Bertz CT molecular complexity index is 542. The number of nitrogens with zero attached hydrogens (tertiary/aromatic N) is 1. The maximum absolute atomic E-state index is 11.9. The number of ether oxygens (including phenoxy) is 1. The molecule has 22 heavy (non-hydrogen) atoms. The molecule has 0 aromatic heterocycles. The quantitative estimate of drug-likeness (QED) is 0.851. The summed E-state index contributed by atoms with van der Waals surface area (Å²) in [6.45, 7) is 3.57. The monoisotopic (exact) mass is 307 g/mol. The van der Waals surface area contributed by atoms with Crippen molar-refractivity contribution in [2.24, 2.45) is 0 Å². The molecule has 0 bridgehead atoms. The number of carbonyl (C=O) groups is 3. The summed E-state index contributed by atoms with van der Waals surface area (Å²) in [7, 11) is 2.79. The molecule has 0 unspecified atom stereocenters. The molecule has 0 fully saturated rings. The molecule has 1 aromatic rings. The van der Waals surface area contributed by atoms with Crippen molar-refractivity contribution in [3.8, 4) is 0 Å². The number of carbonyl (C=O) groups excluding carboxylic acids is 3. The minimum absolute atomic E-state index is 0.0175. The molecular weight excluding hydrogens is 286 g/mol. The highest BCUT2D eigenvalue weighted by atomic mass is 16.5. The van der Waals surface area contributed by atoms with Crippen molar-refractivity contribution in [1.29, 1.82) is 0 Å². The summed E-state index contributed by atoms with van der Waals surface area (Å²) >= 11 is 0. The summed E-state index contributed by atoms with van der Waals surface area (Å²) in [5.74, 6) is -0.776. The zero-order chi connectivity index (χ0) is 16.7. The lowest BCUT2D eigenvalue weighted by atomic mass is 10.2. The molecule has 0 saturated carbocycles. The molecule has 0 spiro atoms. The molecule has 3 amide bonds. The van der Waals surface area contributed by atoms with Crippen LogP contribution in [0.4, 0.5) is 10.5 Å². The van der Waals surface area contributed by atoms with Crippen LogP contribution in [0, 0.1) is 6.92 Å². The Morgan fingerprint density at radius 2 is 1.82 bits per heavy atom. The van der Waals surface area contributed by atoms with Crippen LogP contribution in [0.25, 0.3) is 0 Å². The third kappa shape index (κ3) is 5.53. The molecule has 0 radical (unpaired) electrons. The molecule has 1 aromatic carbocycles. The van der Waals surface area contributed by atoms with Crippen LogP contribution in [0.5, 0.6) is 0 Å². The van der Waals surface area contributed by atoms with Crippen molar-refractivity contribution in [3.63, 3.8) is 0 Å². The van der Waals surface area contributed by atoms with Gasteiger partial charge in [0.05, 0.1) is 19.7 Å². The van der Waals surface area contributed by atoms with Gasteiger partial charge in [0.2, 0.25) is 11.8 Å². The summed E-state index contributed by atoms with van der Waals surface area (Å²) in [4.78, 5) is 36.2.